The average Bonchev–Trinajstić information content (AvgIpc) is 3.03. The van der Waals surface area contributed by atoms with Crippen LogP contribution >= 0.6 is 0 Å². The summed E-state index contributed by atoms with van der Waals surface area (Å²) >= 11 is 0. The largest absolute Gasteiger partial charge is 0.450 e. The highest BCUT2D eigenvalue weighted by molar-refractivity contribution is 5.99. The summed E-state index contributed by atoms with van der Waals surface area (Å²) in [4.78, 5) is 31.0. The van der Waals surface area contributed by atoms with Crippen molar-refractivity contribution in [3.05, 3.63) is 80.7 Å². The number of likely N-dealkylation sites (N-methyl/N-ethyl adjacent to an activating group) is 1. The second-order valence-electron chi connectivity index (χ2n) is 7.95. The lowest BCUT2D eigenvalue weighted by Crippen LogP contribution is -2.37. The molecule has 0 spiro atoms. The summed E-state index contributed by atoms with van der Waals surface area (Å²) in [7, 11) is 0. The zero-order chi connectivity index (χ0) is 21.4. The van der Waals surface area contributed by atoms with Gasteiger partial charge in [0.25, 0.3) is 5.91 Å². The molecular weight excluding hydrogens is 376 g/mol. The monoisotopic (exact) mass is 404 g/mol. The minimum Gasteiger partial charge on any atom is -0.450 e. The number of hydrogen-bond acceptors (Lipinski definition) is 4. The molecule has 5 nitrogen and oxygen atoms in total. The Balaban J connectivity index is 1.89. The van der Waals surface area contributed by atoms with Crippen LogP contribution in [0.1, 0.15) is 52.7 Å². The highest BCUT2D eigenvalue weighted by atomic mass is 16.3. The van der Waals surface area contributed by atoms with Crippen LogP contribution in [0.5, 0.6) is 0 Å². The standard InChI is InChI=1S/C25H28N2O3/c1-5-26(6-2)12-13-27-22(18-10-8-7-9-11-18)21-23(28)19-14-16(3)17(4)15-20(19)30-24(21)25(27)29/h7-11,14-15,22H,5-6,12-13H2,1-4H3/t22-/m1/s1. The van der Waals surface area contributed by atoms with Crippen LogP contribution in [0.2, 0.25) is 0 Å². The smallest absolute Gasteiger partial charge is 0.290 e. The van der Waals surface area contributed by atoms with Gasteiger partial charge in [0.2, 0.25) is 5.76 Å². The topological polar surface area (TPSA) is 53.8 Å². The van der Waals surface area contributed by atoms with Crippen molar-refractivity contribution in [2.75, 3.05) is 26.2 Å². The van der Waals surface area contributed by atoms with Crippen molar-refractivity contribution >= 4 is 16.9 Å². The normalized spacial score (nSPS) is 16.0. The van der Waals surface area contributed by atoms with Gasteiger partial charge < -0.3 is 14.2 Å². The molecule has 0 fully saturated rings. The number of carbonyl (C=O) groups excluding carboxylic acids is 1. The predicted molar refractivity (Wildman–Crippen MR) is 119 cm³/mol. The van der Waals surface area contributed by atoms with Crippen LogP contribution in [-0.2, 0) is 0 Å². The molecule has 1 aliphatic heterocycles. The van der Waals surface area contributed by atoms with Crippen molar-refractivity contribution < 1.29 is 9.21 Å². The van der Waals surface area contributed by atoms with E-state index >= 15 is 0 Å². The van der Waals surface area contributed by atoms with Crippen molar-refractivity contribution in [3.63, 3.8) is 0 Å². The molecule has 1 amide bonds. The summed E-state index contributed by atoms with van der Waals surface area (Å²) in [5.41, 5.74) is 3.83. The van der Waals surface area contributed by atoms with Crippen LogP contribution in [0.15, 0.2) is 51.7 Å². The molecule has 0 saturated heterocycles. The summed E-state index contributed by atoms with van der Waals surface area (Å²) in [6.07, 6.45) is 0. The van der Waals surface area contributed by atoms with Gasteiger partial charge in [-0.05, 0) is 55.8 Å². The lowest BCUT2D eigenvalue weighted by Gasteiger charge is -2.28. The van der Waals surface area contributed by atoms with E-state index in [9.17, 15) is 9.59 Å². The van der Waals surface area contributed by atoms with Crippen molar-refractivity contribution in [2.24, 2.45) is 0 Å². The summed E-state index contributed by atoms with van der Waals surface area (Å²) in [5.74, 6) is -0.0209. The van der Waals surface area contributed by atoms with Crippen molar-refractivity contribution in [2.45, 2.75) is 33.7 Å². The number of fused-ring (bicyclic) bond motifs is 2. The van der Waals surface area contributed by atoms with E-state index in [1.165, 1.54) is 0 Å². The maximum absolute atomic E-state index is 13.6. The van der Waals surface area contributed by atoms with E-state index in [0.717, 1.165) is 36.3 Å². The Morgan fingerprint density at radius 3 is 2.33 bits per heavy atom. The van der Waals surface area contributed by atoms with Gasteiger partial charge in [0.1, 0.15) is 5.58 Å². The predicted octanol–water partition coefficient (Wildman–Crippen LogP) is 4.30. The Kier molecular flexibility index (Phi) is 5.48. The van der Waals surface area contributed by atoms with Crippen LogP contribution in [0, 0.1) is 13.8 Å². The van der Waals surface area contributed by atoms with E-state index in [1.807, 2.05) is 56.3 Å². The fourth-order valence-electron chi connectivity index (χ4n) is 4.28. The van der Waals surface area contributed by atoms with Gasteiger partial charge in [-0.1, -0.05) is 44.2 Å². The number of rotatable bonds is 6. The molecular formula is C25H28N2O3. The zero-order valence-corrected chi connectivity index (χ0v) is 18.1. The van der Waals surface area contributed by atoms with Crippen molar-refractivity contribution in [1.82, 2.24) is 9.80 Å². The fraction of sp³-hybridized carbons (Fsp3) is 0.360. The second kappa shape index (κ2) is 8.07. The van der Waals surface area contributed by atoms with Crippen LogP contribution in [0.25, 0.3) is 11.0 Å². The van der Waals surface area contributed by atoms with E-state index < -0.39 is 6.04 Å². The lowest BCUT2D eigenvalue weighted by atomic mass is 9.97. The molecule has 1 atom stereocenters. The molecule has 0 radical (unpaired) electrons. The highest BCUT2D eigenvalue weighted by Crippen LogP contribution is 2.38. The van der Waals surface area contributed by atoms with Crippen LogP contribution in [-0.4, -0.2) is 41.9 Å². The molecule has 0 N–H and O–H groups in total. The molecule has 0 unspecified atom stereocenters. The molecule has 4 rings (SSSR count). The van der Waals surface area contributed by atoms with Gasteiger partial charge in [-0.25, -0.2) is 0 Å². The Hall–Kier alpha value is -2.92. The van der Waals surface area contributed by atoms with E-state index in [4.69, 9.17) is 4.42 Å². The minimum absolute atomic E-state index is 0.109. The van der Waals surface area contributed by atoms with Gasteiger partial charge in [-0.2, -0.15) is 0 Å². The van der Waals surface area contributed by atoms with E-state index in [1.54, 1.807) is 4.90 Å². The van der Waals surface area contributed by atoms with E-state index in [-0.39, 0.29) is 17.1 Å². The first-order valence-electron chi connectivity index (χ1n) is 10.6. The minimum atomic E-state index is -0.425. The first kappa shape index (κ1) is 20.4. The number of carbonyl (C=O) groups is 1. The third-order valence-electron chi connectivity index (χ3n) is 6.25. The van der Waals surface area contributed by atoms with Gasteiger partial charge in [-0.15, -0.1) is 0 Å². The molecule has 0 aliphatic carbocycles. The molecule has 2 aromatic carbocycles. The van der Waals surface area contributed by atoms with Crippen LogP contribution in [0.3, 0.4) is 0 Å². The molecule has 0 bridgehead atoms. The van der Waals surface area contributed by atoms with Gasteiger partial charge in [0, 0.05) is 13.1 Å². The highest BCUT2D eigenvalue weighted by Gasteiger charge is 2.42. The molecule has 156 valence electrons. The number of amides is 1. The number of hydrogen-bond donors (Lipinski definition) is 0. The molecule has 0 saturated carbocycles. The number of nitrogens with zero attached hydrogens (tertiary/aromatic N) is 2. The molecule has 3 aromatic rings. The Labute approximate surface area is 176 Å². The third-order valence-corrected chi connectivity index (χ3v) is 6.25. The van der Waals surface area contributed by atoms with Crippen LogP contribution < -0.4 is 5.43 Å². The van der Waals surface area contributed by atoms with E-state index in [0.29, 0.717) is 23.1 Å². The maximum Gasteiger partial charge on any atom is 0.290 e. The van der Waals surface area contributed by atoms with Gasteiger partial charge in [0.05, 0.1) is 17.0 Å². The molecule has 5 heteroatoms. The van der Waals surface area contributed by atoms with E-state index in [2.05, 4.69) is 18.7 Å². The number of aryl methyl sites for hydroxylation is 2. The Bertz CT molecular complexity index is 1150. The molecule has 1 aromatic heterocycles. The summed E-state index contributed by atoms with van der Waals surface area (Å²) in [6, 6.07) is 13.1. The first-order valence-corrected chi connectivity index (χ1v) is 10.6. The summed E-state index contributed by atoms with van der Waals surface area (Å²) in [6.45, 7) is 11.3. The Morgan fingerprint density at radius 1 is 1.00 bits per heavy atom. The first-order chi connectivity index (χ1) is 14.5. The van der Waals surface area contributed by atoms with Crippen molar-refractivity contribution in [3.8, 4) is 0 Å². The fourth-order valence-corrected chi connectivity index (χ4v) is 4.28. The molecule has 30 heavy (non-hydrogen) atoms. The summed E-state index contributed by atoms with van der Waals surface area (Å²) in [5, 5.41) is 0.538. The third kappa shape index (κ3) is 3.33. The second-order valence-corrected chi connectivity index (χ2v) is 7.95. The molecule has 2 heterocycles. The average molecular weight is 405 g/mol. The maximum atomic E-state index is 13.6. The zero-order valence-electron chi connectivity index (χ0n) is 18.1. The molecule has 1 aliphatic rings. The van der Waals surface area contributed by atoms with Gasteiger partial charge in [0.15, 0.2) is 5.43 Å². The van der Waals surface area contributed by atoms with Crippen LogP contribution in [0.4, 0.5) is 0 Å². The summed E-state index contributed by atoms with van der Waals surface area (Å²) < 4.78 is 6.07. The van der Waals surface area contributed by atoms with Gasteiger partial charge >= 0.3 is 0 Å². The SMILES string of the molecule is CCN(CC)CCN1C(=O)c2oc3cc(C)c(C)cc3c(=O)c2[C@H]1c1ccccc1. The van der Waals surface area contributed by atoms with Gasteiger partial charge in [-0.3, -0.25) is 9.59 Å². The van der Waals surface area contributed by atoms with Crippen molar-refractivity contribution in [1.29, 1.82) is 0 Å². The Morgan fingerprint density at radius 2 is 1.67 bits per heavy atom. The quantitative estimate of drug-likeness (QED) is 0.615. The number of benzene rings is 2. The lowest BCUT2D eigenvalue weighted by molar-refractivity contribution is 0.0708.